The van der Waals surface area contributed by atoms with E-state index in [4.69, 9.17) is 4.74 Å². The van der Waals surface area contributed by atoms with Crippen LogP contribution >= 0.6 is 0 Å². The number of esters is 1. The molecule has 1 N–H and O–H groups in total. The van der Waals surface area contributed by atoms with E-state index in [0.29, 0.717) is 18.8 Å². The van der Waals surface area contributed by atoms with Crippen molar-refractivity contribution in [1.29, 1.82) is 0 Å². The standard InChI is InChI=1S/C18H26N2O5S/c1-2-25-18(22)12-11-17(21)19-15-7-9-16(10-8-15)26(23,24)20-13-5-3-4-6-14-20/h7-10H,2-6,11-14H2,1H3,(H,19,21). The van der Waals surface area contributed by atoms with E-state index in [1.165, 1.54) is 16.4 Å². The zero-order valence-electron chi connectivity index (χ0n) is 15.1. The van der Waals surface area contributed by atoms with Gasteiger partial charge >= 0.3 is 5.97 Å². The summed E-state index contributed by atoms with van der Waals surface area (Å²) in [6, 6.07) is 6.13. The van der Waals surface area contributed by atoms with E-state index in [1.54, 1.807) is 19.1 Å². The molecule has 0 spiro atoms. The maximum atomic E-state index is 12.7. The highest BCUT2D eigenvalue weighted by Crippen LogP contribution is 2.21. The molecule has 2 rings (SSSR count). The van der Waals surface area contributed by atoms with Crippen molar-refractivity contribution in [3.8, 4) is 0 Å². The highest BCUT2D eigenvalue weighted by atomic mass is 32.2. The van der Waals surface area contributed by atoms with E-state index in [2.05, 4.69) is 5.32 Å². The first-order valence-electron chi connectivity index (χ1n) is 8.99. The van der Waals surface area contributed by atoms with Gasteiger partial charge in [0.15, 0.2) is 0 Å². The quantitative estimate of drug-likeness (QED) is 0.732. The van der Waals surface area contributed by atoms with Gasteiger partial charge in [0.25, 0.3) is 0 Å². The highest BCUT2D eigenvalue weighted by molar-refractivity contribution is 7.89. The maximum absolute atomic E-state index is 12.7. The monoisotopic (exact) mass is 382 g/mol. The first kappa shape index (κ1) is 20.4. The van der Waals surface area contributed by atoms with Crippen LogP contribution in [0.1, 0.15) is 45.4 Å². The van der Waals surface area contributed by atoms with E-state index >= 15 is 0 Å². The van der Waals surface area contributed by atoms with Crippen molar-refractivity contribution in [2.24, 2.45) is 0 Å². The lowest BCUT2D eigenvalue weighted by atomic mass is 10.2. The van der Waals surface area contributed by atoms with Crippen LogP contribution in [0, 0.1) is 0 Å². The SMILES string of the molecule is CCOC(=O)CCC(=O)Nc1ccc(S(=O)(=O)N2CCCCCC2)cc1. The molecule has 1 fully saturated rings. The molecule has 0 saturated carbocycles. The first-order valence-corrected chi connectivity index (χ1v) is 10.4. The van der Waals surface area contributed by atoms with E-state index in [0.717, 1.165) is 25.7 Å². The van der Waals surface area contributed by atoms with Gasteiger partial charge < -0.3 is 10.1 Å². The van der Waals surface area contributed by atoms with Crippen molar-refractivity contribution in [1.82, 2.24) is 4.31 Å². The summed E-state index contributed by atoms with van der Waals surface area (Å²) in [6.45, 7) is 3.09. The second-order valence-corrected chi connectivity index (χ2v) is 8.13. The Balaban J connectivity index is 1.94. The summed E-state index contributed by atoms with van der Waals surface area (Å²) in [4.78, 5) is 23.3. The molecule has 0 aliphatic carbocycles. The molecular formula is C18H26N2O5S. The van der Waals surface area contributed by atoms with Crippen LogP contribution in [0.5, 0.6) is 0 Å². The molecule has 1 aliphatic heterocycles. The summed E-state index contributed by atoms with van der Waals surface area (Å²) in [5, 5.41) is 2.65. The number of sulfonamides is 1. The van der Waals surface area contributed by atoms with Gasteiger partial charge in [-0.15, -0.1) is 0 Å². The van der Waals surface area contributed by atoms with E-state index in [9.17, 15) is 18.0 Å². The average Bonchev–Trinajstić information content (AvgIpc) is 2.91. The number of nitrogens with zero attached hydrogens (tertiary/aromatic N) is 1. The summed E-state index contributed by atoms with van der Waals surface area (Å²) < 4.78 is 31.7. The summed E-state index contributed by atoms with van der Waals surface area (Å²) in [5.74, 6) is -0.734. The third-order valence-corrected chi connectivity index (χ3v) is 6.12. The fourth-order valence-electron chi connectivity index (χ4n) is 2.81. The second-order valence-electron chi connectivity index (χ2n) is 6.20. The minimum atomic E-state index is -3.50. The maximum Gasteiger partial charge on any atom is 0.306 e. The van der Waals surface area contributed by atoms with Crippen molar-refractivity contribution in [2.45, 2.75) is 50.3 Å². The van der Waals surface area contributed by atoms with E-state index < -0.39 is 16.0 Å². The molecule has 1 aliphatic rings. The molecule has 0 radical (unpaired) electrons. The van der Waals surface area contributed by atoms with Crippen LogP contribution in [-0.2, 0) is 24.3 Å². The Morgan fingerprint density at radius 3 is 2.23 bits per heavy atom. The van der Waals surface area contributed by atoms with Gasteiger partial charge in [-0.3, -0.25) is 9.59 Å². The normalized spacial score (nSPS) is 15.9. The number of benzene rings is 1. The molecule has 1 aromatic rings. The van der Waals surface area contributed by atoms with Crippen LogP contribution in [0.3, 0.4) is 0 Å². The van der Waals surface area contributed by atoms with Crippen LogP contribution in [0.15, 0.2) is 29.2 Å². The number of rotatable bonds is 7. The van der Waals surface area contributed by atoms with Gasteiger partial charge in [-0.1, -0.05) is 12.8 Å². The summed E-state index contributed by atoms with van der Waals surface area (Å²) in [5.41, 5.74) is 0.494. The number of hydrogen-bond donors (Lipinski definition) is 1. The lowest BCUT2D eigenvalue weighted by Crippen LogP contribution is -2.31. The van der Waals surface area contributed by atoms with Crippen molar-refractivity contribution in [2.75, 3.05) is 25.0 Å². The van der Waals surface area contributed by atoms with Crippen LogP contribution in [0.2, 0.25) is 0 Å². The van der Waals surface area contributed by atoms with Gasteiger partial charge in [0.05, 0.1) is 17.9 Å². The van der Waals surface area contributed by atoms with Crippen molar-refractivity contribution in [3.63, 3.8) is 0 Å². The Morgan fingerprint density at radius 2 is 1.65 bits per heavy atom. The van der Waals surface area contributed by atoms with Crippen molar-refractivity contribution >= 4 is 27.6 Å². The Labute approximate surface area is 154 Å². The average molecular weight is 382 g/mol. The second kappa shape index (κ2) is 9.68. The molecule has 26 heavy (non-hydrogen) atoms. The number of carbonyl (C=O) groups is 2. The minimum absolute atomic E-state index is 0.0150. The third-order valence-electron chi connectivity index (χ3n) is 4.20. The summed E-state index contributed by atoms with van der Waals surface area (Å²) in [6.07, 6.45) is 3.92. The zero-order chi connectivity index (χ0) is 19.0. The molecule has 0 aromatic heterocycles. The number of hydrogen-bond acceptors (Lipinski definition) is 5. The minimum Gasteiger partial charge on any atom is -0.466 e. The summed E-state index contributed by atoms with van der Waals surface area (Å²) in [7, 11) is -3.50. The predicted octanol–water partition coefficient (Wildman–Crippen LogP) is 2.53. The Kier molecular flexibility index (Phi) is 7.59. The molecule has 0 bridgehead atoms. The van der Waals surface area contributed by atoms with Crippen molar-refractivity contribution in [3.05, 3.63) is 24.3 Å². The molecule has 8 heteroatoms. The molecule has 0 atom stereocenters. The summed E-state index contributed by atoms with van der Waals surface area (Å²) >= 11 is 0. The van der Waals surface area contributed by atoms with Crippen LogP contribution in [0.25, 0.3) is 0 Å². The Bertz CT molecular complexity index is 708. The number of nitrogens with one attached hydrogen (secondary N) is 1. The van der Waals surface area contributed by atoms with Crippen LogP contribution in [0.4, 0.5) is 5.69 Å². The molecule has 1 amide bonds. The van der Waals surface area contributed by atoms with Gasteiger partial charge in [0.1, 0.15) is 0 Å². The fraction of sp³-hybridized carbons (Fsp3) is 0.556. The fourth-order valence-corrected chi connectivity index (χ4v) is 4.33. The van der Waals surface area contributed by atoms with Gasteiger partial charge in [0, 0.05) is 25.2 Å². The molecule has 1 heterocycles. The number of carbonyl (C=O) groups excluding carboxylic acids is 2. The molecule has 7 nitrogen and oxygen atoms in total. The van der Waals surface area contributed by atoms with Crippen molar-refractivity contribution < 1.29 is 22.7 Å². The Morgan fingerprint density at radius 1 is 1.04 bits per heavy atom. The largest absolute Gasteiger partial charge is 0.466 e. The van der Waals surface area contributed by atoms with E-state index in [1.807, 2.05) is 0 Å². The number of ether oxygens (including phenoxy) is 1. The molecule has 1 aromatic carbocycles. The lowest BCUT2D eigenvalue weighted by molar-refractivity contribution is -0.144. The smallest absolute Gasteiger partial charge is 0.306 e. The van der Waals surface area contributed by atoms with E-state index in [-0.39, 0.29) is 30.3 Å². The Hall–Kier alpha value is -1.93. The number of amides is 1. The molecular weight excluding hydrogens is 356 g/mol. The molecule has 144 valence electrons. The topological polar surface area (TPSA) is 92.8 Å². The lowest BCUT2D eigenvalue weighted by Gasteiger charge is -2.20. The van der Waals surface area contributed by atoms with Gasteiger partial charge in [0.2, 0.25) is 15.9 Å². The predicted molar refractivity (Wildman–Crippen MR) is 98.2 cm³/mol. The van der Waals surface area contributed by atoms with Gasteiger partial charge in [-0.2, -0.15) is 4.31 Å². The van der Waals surface area contributed by atoms with Gasteiger partial charge in [-0.05, 0) is 44.0 Å². The van der Waals surface area contributed by atoms with Crippen LogP contribution in [-0.4, -0.2) is 44.3 Å². The van der Waals surface area contributed by atoms with Crippen LogP contribution < -0.4 is 5.32 Å². The third kappa shape index (κ3) is 5.81. The van der Waals surface area contributed by atoms with Gasteiger partial charge in [-0.25, -0.2) is 8.42 Å². The molecule has 0 unspecified atom stereocenters. The molecule has 1 saturated heterocycles. The first-order chi connectivity index (χ1) is 12.4. The highest BCUT2D eigenvalue weighted by Gasteiger charge is 2.24. The zero-order valence-corrected chi connectivity index (χ0v) is 15.9. The number of anilines is 1.